The maximum atomic E-state index is 12.1. The Balaban J connectivity index is 2.11. The molecule has 0 aliphatic rings. The zero-order chi connectivity index (χ0) is 14.6. The van der Waals surface area contributed by atoms with Crippen molar-refractivity contribution in [2.45, 2.75) is 31.2 Å². The number of aromatic nitrogens is 2. The van der Waals surface area contributed by atoms with Gasteiger partial charge in [-0.1, -0.05) is 25.1 Å². The number of benzene rings is 1. The van der Waals surface area contributed by atoms with Crippen LogP contribution in [-0.2, 0) is 22.8 Å². The van der Waals surface area contributed by atoms with E-state index >= 15 is 0 Å². The number of aryl methyl sites for hydroxylation is 2. The molecule has 6 nitrogen and oxygen atoms in total. The second kappa shape index (κ2) is 6.04. The van der Waals surface area contributed by atoms with E-state index in [2.05, 4.69) is 5.10 Å². The van der Waals surface area contributed by atoms with E-state index < -0.39 is 15.6 Å². The van der Waals surface area contributed by atoms with Crippen molar-refractivity contribution in [3.63, 3.8) is 0 Å². The predicted octanol–water partition coefficient (Wildman–Crippen LogP) is 1.26. The number of rotatable bonds is 6. The van der Waals surface area contributed by atoms with Crippen LogP contribution in [0.3, 0.4) is 0 Å². The molecule has 0 saturated heterocycles. The molecule has 0 saturated carbocycles. The number of sulfone groups is 1. The maximum Gasteiger partial charge on any atom is 0.437 e. The first-order valence-electron chi connectivity index (χ1n) is 6.37. The van der Waals surface area contributed by atoms with Crippen molar-refractivity contribution in [2.75, 3.05) is 5.75 Å². The van der Waals surface area contributed by atoms with Crippen LogP contribution in [0.15, 0.2) is 44.4 Å². The molecule has 0 atom stereocenters. The lowest BCUT2D eigenvalue weighted by Gasteiger charge is -2.03. The Morgan fingerprint density at radius 1 is 1.25 bits per heavy atom. The van der Waals surface area contributed by atoms with Gasteiger partial charge >= 0.3 is 5.76 Å². The molecule has 0 unspecified atom stereocenters. The highest BCUT2D eigenvalue weighted by atomic mass is 32.2. The molecule has 20 heavy (non-hydrogen) atoms. The van der Waals surface area contributed by atoms with Crippen molar-refractivity contribution in [1.29, 1.82) is 0 Å². The van der Waals surface area contributed by atoms with E-state index in [0.29, 0.717) is 12.3 Å². The fourth-order valence-corrected chi connectivity index (χ4v) is 2.98. The van der Waals surface area contributed by atoms with E-state index in [1.807, 2.05) is 6.92 Å². The minimum absolute atomic E-state index is 0.0106. The minimum atomic E-state index is -3.42. The smallest absolute Gasteiger partial charge is 0.392 e. The van der Waals surface area contributed by atoms with Gasteiger partial charge in [0.05, 0.1) is 17.2 Å². The minimum Gasteiger partial charge on any atom is -0.392 e. The van der Waals surface area contributed by atoms with Crippen LogP contribution >= 0.6 is 0 Å². The Morgan fingerprint density at radius 3 is 2.60 bits per heavy atom. The van der Waals surface area contributed by atoms with E-state index in [9.17, 15) is 13.2 Å². The maximum absolute atomic E-state index is 12.1. The fraction of sp³-hybridized carbons (Fsp3) is 0.385. The second-order valence-corrected chi connectivity index (χ2v) is 6.48. The molecule has 0 amide bonds. The van der Waals surface area contributed by atoms with E-state index in [-0.39, 0.29) is 17.2 Å². The summed E-state index contributed by atoms with van der Waals surface area (Å²) in [6.45, 7) is 1.93. The summed E-state index contributed by atoms with van der Waals surface area (Å²) >= 11 is 0. The summed E-state index contributed by atoms with van der Waals surface area (Å²) in [5.74, 6) is -0.457. The Morgan fingerprint density at radius 2 is 1.95 bits per heavy atom. The summed E-state index contributed by atoms with van der Waals surface area (Å²) in [6, 6.07) is 8.13. The Kier molecular flexibility index (Phi) is 4.39. The summed E-state index contributed by atoms with van der Waals surface area (Å²) < 4.78 is 30.1. The van der Waals surface area contributed by atoms with Crippen molar-refractivity contribution in [3.05, 3.63) is 46.8 Å². The van der Waals surface area contributed by atoms with Crippen LogP contribution in [0.5, 0.6) is 0 Å². The van der Waals surface area contributed by atoms with Crippen molar-refractivity contribution in [3.8, 4) is 0 Å². The molecule has 0 fully saturated rings. The lowest BCUT2D eigenvalue weighted by Crippen LogP contribution is -2.21. The molecular formula is C13H16N2O4S. The number of hydrogen-bond acceptors (Lipinski definition) is 5. The van der Waals surface area contributed by atoms with Crippen LogP contribution in [0.2, 0.25) is 0 Å². The summed E-state index contributed by atoms with van der Waals surface area (Å²) in [5, 5.41) is 3.97. The van der Waals surface area contributed by atoms with E-state index in [1.165, 1.54) is 12.1 Å². The van der Waals surface area contributed by atoms with Crippen molar-refractivity contribution in [1.82, 2.24) is 9.78 Å². The summed E-state index contributed by atoms with van der Waals surface area (Å²) in [4.78, 5) is 11.7. The molecule has 7 heteroatoms. The lowest BCUT2D eigenvalue weighted by molar-refractivity contribution is 0.446. The molecule has 0 aliphatic heterocycles. The molecule has 0 aliphatic carbocycles. The highest BCUT2D eigenvalue weighted by molar-refractivity contribution is 7.91. The normalized spacial score (nSPS) is 11.7. The first-order chi connectivity index (χ1) is 9.53. The zero-order valence-electron chi connectivity index (χ0n) is 11.2. The fourth-order valence-electron chi connectivity index (χ4n) is 1.76. The molecular weight excluding hydrogens is 280 g/mol. The SMILES string of the molecule is CCCc1nn(CCS(=O)(=O)c2ccccc2)c(=O)o1. The van der Waals surface area contributed by atoms with Gasteiger partial charge in [0.15, 0.2) is 9.84 Å². The molecule has 2 rings (SSSR count). The quantitative estimate of drug-likeness (QED) is 0.801. The molecule has 0 radical (unpaired) electrons. The third-order valence-electron chi connectivity index (χ3n) is 2.79. The highest BCUT2D eigenvalue weighted by Crippen LogP contribution is 2.10. The van der Waals surface area contributed by atoms with Gasteiger partial charge in [0.1, 0.15) is 0 Å². The standard InChI is InChI=1S/C13H16N2O4S/c1-2-6-12-14-15(13(16)19-12)9-10-20(17,18)11-7-4-3-5-8-11/h3-5,7-8H,2,6,9-10H2,1H3. The van der Waals surface area contributed by atoms with Crippen LogP contribution in [0.25, 0.3) is 0 Å². The van der Waals surface area contributed by atoms with Gasteiger partial charge in [0, 0.05) is 6.42 Å². The van der Waals surface area contributed by atoms with Gasteiger partial charge in [-0.25, -0.2) is 13.2 Å². The van der Waals surface area contributed by atoms with Crippen molar-refractivity contribution < 1.29 is 12.8 Å². The van der Waals surface area contributed by atoms with Gasteiger partial charge in [-0.05, 0) is 18.6 Å². The van der Waals surface area contributed by atoms with E-state index in [0.717, 1.165) is 11.1 Å². The van der Waals surface area contributed by atoms with E-state index in [1.54, 1.807) is 18.2 Å². The van der Waals surface area contributed by atoms with Gasteiger partial charge in [-0.3, -0.25) is 0 Å². The summed E-state index contributed by atoms with van der Waals surface area (Å²) in [6.07, 6.45) is 1.37. The molecule has 0 spiro atoms. The molecule has 0 N–H and O–H groups in total. The Hall–Kier alpha value is -1.89. The van der Waals surface area contributed by atoms with Gasteiger partial charge in [-0.2, -0.15) is 4.68 Å². The van der Waals surface area contributed by atoms with Crippen LogP contribution < -0.4 is 5.76 Å². The monoisotopic (exact) mass is 296 g/mol. The average Bonchev–Trinajstić information content (AvgIpc) is 2.78. The topological polar surface area (TPSA) is 82.2 Å². The molecule has 1 aromatic heterocycles. The molecule has 1 heterocycles. The zero-order valence-corrected chi connectivity index (χ0v) is 12.0. The van der Waals surface area contributed by atoms with Gasteiger partial charge in [0.25, 0.3) is 0 Å². The summed E-state index contributed by atoms with van der Waals surface area (Å²) in [7, 11) is -3.42. The largest absolute Gasteiger partial charge is 0.437 e. The predicted molar refractivity (Wildman–Crippen MR) is 73.3 cm³/mol. The van der Waals surface area contributed by atoms with Gasteiger partial charge in [0.2, 0.25) is 5.89 Å². The first-order valence-corrected chi connectivity index (χ1v) is 8.03. The molecule has 108 valence electrons. The van der Waals surface area contributed by atoms with Crippen LogP contribution in [0.4, 0.5) is 0 Å². The number of nitrogens with zero attached hydrogens (tertiary/aromatic N) is 2. The van der Waals surface area contributed by atoms with Crippen molar-refractivity contribution >= 4 is 9.84 Å². The summed E-state index contributed by atoms with van der Waals surface area (Å²) in [5.41, 5.74) is 0. The van der Waals surface area contributed by atoms with Gasteiger partial charge < -0.3 is 4.42 Å². The Bertz CT molecular complexity index is 716. The van der Waals surface area contributed by atoms with Crippen LogP contribution in [0.1, 0.15) is 19.2 Å². The highest BCUT2D eigenvalue weighted by Gasteiger charge is 2.16. The number of hydrogen-bond donors (Lipinski definition) is 0. The average molecular weight is 296 g/mol. The molecule has 0 bridgehead atoms. The van der Waals surface area contributed by atoms with Crippen molar-refractivity contribution in [2.24, 2.45) is 0 Å². The third kappa shape index (κ3) is 3.36. The van der Waals surface area contributed by atoms with Crippen LogP contribution in [0, 0.1) is 0 Å². The van der Waals surface area contributed by atoms with Crippen LogP contribution in [-0.4, -0.2) is 24.0 Å². The lowest BCUT2D eigenvalue weighted by atomic mass is 10.3. The van der Waals surface area contributed by atoms with E-state index in [4.69, 9.17) is 4.42 Å². The molecule has 2 aromatic rings. The van der Waals surface area contributed by atoms with Gasteiger partial charge in [-0.15, -0.1) is 5.10 Å². The molecule has 1 aromatic carbocycles. The second-order valence-electron chi connectivity index (χ2n) is 4.37. The Labute approximate surface area is 117 Å². The first kappa shape index (κ1) is 14.5. The third-order valence-corrected chi connectivity index (χ3v) is 4.50.